The predicted molar refractivity (Wildman–Crippen MR) is 69.4 cm³/mol. The molecule has 0 saturated carbocycles. The van der Waals surface area contributed by atoms with E-state index in [9.17, 15) is 0 Å². The first-order valence-corrected chi connectivity index (χ1v) is 5.59. The molecule has 3 heteroatoms. The number of aromatic amines is 1. The van der Waals surface area contributed by atoms with Gasteiger partial charge in [-0.15, -0.1) is 0 Å². The highest BCUT2D eigenvalue weighted by molar-refractivity contribution is 5.85. The van der Waals surface area contributed by atoms with Crippen molar-refractivity contribution in [1.29, 1.82) is 0 Å². The second kappa shape index (κ2) is 4.03. The number of nitrogens with one attached hydrogen (secondary N) is 1. The minimum Gasteiger partial charge on any atom is -0.357 e. The zero-order valence-corrected chi connectivity index (χ0v) is 9.35. The highest BCUT2D eigenvalue weighted by Gasteiger charge is 2.02. The number of H-pyrrole nitrogens is 1. The molecule has 0 saturated heterocycles. The molecule has 3 N–H and O–H groups in total. The molecule has 17 heavy (non-hydrogen) atoms. The van der Waals surface area contributed by atoms with Gasteiger partial charge in [-0.25, -0.2) is 0 Å². The summed E-state index contributed by atoms with van der Waals surface area (Å²) in [6.07, 6.45) is 3.66. The minimum absolute atomic E-state index is 0.539. The molecule has 0 atom stereocenters. The van der Waals surface area contributed by atoms with E-state index in [1.165, 1.54) is 10.9 Å². The molecule has 3 aromatic rings. The zero-order chi connectivity index (χ0) is 11.7. The lowest BCUT2D eigenvalue weighted by molar-refractivity contribution is 1.02. The summed E-state index contributed by atoms with van der Waals surface area (Å²) in [5.41, 5.74) is 10.1. The van der Waals surface area contributed by atoms with Gasteiger partial charge in [0.25, 0.3) is 0 Å². The van der Waals surface area contributed by atoms with Gasteiger partial charge in [-0.1, -0.05) is 12.1 Å². The van der Waals surface area contributed by atoms with Gasteiger partial charge in [0.05, 0.1) is 0 Å². The maximum atomic E-state index is 5.62. The molecule has 0 fully saturated rings. The Hall–Kier alpha value is -2.13. The molecular formula is C14H13N3. The average molecular weight is 223 g/mol. The van der Waals surface area contributed by atoms with Crippen molar-refractivity contribution in [3.8, 4) is 11.1 Å². The summed E-state index contributed by atoms with van der Waals surface area (Å²) in [5.74, 6) is 0. The van der Waals surface area contributed by atoms with Gasteiger partial charge in [-0.2, -0.15) is 0 Å². The topological polar surface area (TPSA) is 54.7 Å². The van der Waals surface area contributed by atoms with Crippen LogP contribution in [0.2, 0.25) is 0 Å². The van der Waals surface area contributed by atoms with E-state index in [1.807, 2.05) is 12.3 Å². The minimum atomic E-state index is 0.539. The Bertz CT molecular complexity index is 641. The molecule has 3 rings (SSSR count). The Morgan fingerprint density at radius 1 is 1.12 bits per heavy atom. The van der Waals surface area contributed by atoms with E-state index < -0.39 is 0 Å². The molecule has 0 radical (unpaired) electrons. The van der Waals surface area contributed by atoms with Crippen LogP contribution in [0.1, 0.15) is 5.69 Å². The van der Waals surface area contributed by atoms with Crippen LogP contribution >= 0.6 is 0 Å². The second-order valence-electron chi connectivity index (χ2n) is 4.04. The molecule has 0 aliphatic rings. The fourth-order valence-electron chi connectivity index (χ4n) is 2.02. The number of fused-ring (bicyclic) bond motifs is 1. The van der Waals surface area contributed by atoms with Crippen LogP contribution < -0.4 is 5.73 Å². The highest BCUT2D eigenvalue weighted by atomic mass is 14.7. The van der Waals surface area contributed by atoms with Crippen LogP contribution in [0, 0.1) is 0 Å². The third-order valence-corrected chi connectivity index (χ3v) is 2.89. The van der Waals surface area contributed by atoms with Crippen molar-refractivity contribution in [2.45, 2.75) is 6.54 Å². The molecule has 2 aromatic heterocycles. The Labute approximate surface area is 99.3 Å². The first-order valence-electron chi connectivity index (χ1n) is 5.59. The van der Waals surface area contributed by atoms with Gasteiger partial charge in [0.2, 0.25) is 0 Å². The van der Waals surface area contributed by atoms with Crippen LogP contribution in [-0.2, 0) is 6.54 Å². The van der Waals surface area contributed by atoms with Gasteiger partial charge < -0.3 is 10.7 Å². The number of nitrogens with zero attached hydrogens (tertiary/aromatic N) is 1. The maximum absolute atomic E-state index is 5.62. The summed E-state index contributed by atoms with van der Waals surface area (Å²) in [6, 6.07) is 12.4. The van der Waals surface area contributed by atoms with Crippen LogP contribution in [-0.4, -0.2) is 9.97 Å². The first-order chi connectivity index (χ1) is 8.36. The van der Waals surface area contributed by atoms with Crippen LogP contribution in [0.3, 0.4) is 0 Å². The van der Waals surface area contributed by atoms with E-state index in [-0.39, 0.29) is 0 Å². The van der Waals surface area contributed by atoms with Crippen molar-refractivity contribution >= 4 is 10.9 Å². The lowest BCUT2D eigenvalue weighted by atomic mass is 10.1. The summed E-state index contributed by atoms with van der Waals surface area (Å²) >= 11 is 0. The average Bonchev–Trinajstić information content (AvgIpc) is 2.81. The van der Waals surface area contributed by atoms with Crippen molar-refractivity contribution in [3.63, 3.8) is 0 Å². The first kappa shape index (κ1) is 10.1. The van der Waals surface area contributed by atoms with Crippen molar-refractivity contribution < 1.29 is 0 Å². The van der Waals surface area contributed by atoms with Crippen LogP contribution in [0.5, 0.6) is 0 Å². The molecule has 0 aliphatic heterocycles. The van der Waals surface area contributed by atoms with Crippen molar-refractivity contribution in [2.75, 3.05) is 0 Å². The largest absolute Gasteiger partial charge is 0.357 e. The van der Waals surface area contributed by atoms with Crippen LogP contribution in [0.25, 0.3) is 22.0 Å². The molecule has 0 unspecified atom stereocenters. The van der Waals surface area contributed by atoms with E-state index in [1.54, 1.807) is 6.20 Å². The smallest absolute Gasteiger partial charge is 0.0456 e. The van der Waals surface area contributed by atoms with Gasteiger partial charge in [-0.3, -0.25) is 4.98 Å². The Kier molecular flexibility index (Phi) is 2.38. The van der Waals surface area contributed by atoms with E-state index in [4.69, 9.17) is 5.73 Å². The highest BCUT2D eigenvalue weighted by Crippen LogP contribution is 2.24. The monoisotopic (exact) mass is 223 g/mol. The fraction of sp³-hybridized carbons (Fsp3) is 0.0714. The van der Waals surface area contributed by atoms with Crippen LogP contribution in [0.4, 0.5) is 0 Å². The summed E-state index contributed by atoms with van der Waals surface area (Å²) in [6.45, 7) is 0.539. The number of rotatable bonds is 2. The summed E-state index contributed by atoms with van der Waals surface area (Å²) in [4.78, 5) is 7.42. The fourth-order valence-corrected chi connectivity index (χ4v) is 2.02. The number of aromatic nitrogens is 2. The number of hydrogen-bond donors (Lipinski definition) is 2. The number of pyridine rings is 1. The summed E-state index contributed by atoms with van der Waals surface area (Å²) in [7, 11) is 0. The van der Waals surface area contributed by atoms with Crippen molar-refractivity contribution in [1.82, 2.24) is 9.97 Å². The van der Waals surface area contributed by atoms with E-state index in [0.717, 1.165) is 16.8 Å². The second-order valence-corrected chi connectivity index (χ2v) is 4.04. The Morgan fingerprint density at radius 3 is 2.82 bits per heavy atom. The van der Waals surface area contributed by atoms with Gasteiger partial charge in [0, 0.05) is 41.1 Å². The molecule has 2 heterocycles. The zero-order valence-electron chi connectivity index (χ0n) is 9.35. The van der Waals surface area contributed by atoms with Crippen molar-refractivity contribution in [3.05, 3.63) is 54.5 Å². The lowest BCUT2D eigenvalue weighted by Crippen LogP contribution is -1.94. The standard InChI is InChI=1S/C14H13N3/c15-8-13-7-12-6-10(3-4-14(12)17-13)11-2-1-5-16-9-11/h1-7,9,17H,8,15H2. The molecular weight excluding hydrogens is 210 g/mol. The normalized spacial score (nSPS) is 10.9. The molecule has 1 aromatic carbocycles. The molecule has 3 nitrogen and oxygen atoms in total. The van der Waals surface area contributed by atoms with Gasteiger partial charge in [0.15, 0.2) is 0 Å². The van der Waals surface area contributed by atoms with Gasteiger partial charge in [0.1, 0.15) is 0 Å². The summed E-state index contributed by atoms with van der Waals surface area (Å²) in [5, 5.41) is 1.19. The van der Waals surface area contributed by atoms with Crippen molar-refractivity contribution in [2.24, 2.45) is 5.73 Å². The molecule has 84 valence electrons. The quantitative estimate of drug-likeness (QED) is 0.701. The van der Waals surface area contributed by atoms with E-state index >= 15 is 0 Å². The number of nitrogens with two attached hydrogens (primary N) is 1. The van der Waals surface area contributed by atoms with Gasteiger partial charge >= 0.3 is 0 Å². The molecule has 0 aliphatic carbocycles. The van der Waals surface area contributed by atoms with E-state index in [0.29, 0.717) is 6.54 Å². The van der Waals surface area contributed by atoms with E-state index in [2.05, 4.69) is 40.3 Å². The Balaban J connectivity index is 2.13. The number of hydrogen-bond acceptors (Lipinski definition) is 2. The lowest BCUT2D eigenvalue weighted by Gasteiger charge is -2.00. The van der Waals surface area contributed by atoms with Gasteiger partial charge in [-0.05, 0) is 29.8 Å². The third kappa shape index (κ3) is 1.81. The molecule has 0 bridgehead atoms. The molecule has 0 spiro atoms. The predicted octanol–water partition coefficient (Wildman–Crippen LogP) is 2.69. The maximum Gasteiger partial charge on any atom is 0.0456 e. The SMILES string of the molecule is NCc1cc2cc(-c3cccnc3)ccc2[nH]1. The van der Waals surface area contributed by atoms with Crippen LogP contribution in [0.15, 0.2) is 48.8 Å². The summed E-state index contributed by atoms with van der Waals surface area (Å²) < 4.78 is 0. The number of benzene rings is 1. The molecule has 0 amide bonds. The third-order valence-electron chi connectivity index (χ3n) is 2.89. The Morgan fingerprint density at radius 2 is 2.06 bits per heavy atom.